The fourth-order valence-corrected chi connectivity index (χ4v) is 1.97. The van der Waals surface area contributed by atoms with Crippen LogP contribution in [-0.2, 0) is 9.59 Å². The molecule has 1 aliphatic carbocycles. The largest absolute Gasteiger partial charge is 0.480 e. The summed E-state index contributed by atoms with van der Waals surface area (Å²) >= 11 is 0. The maximum Gasteiger partial charge on any atom is 0.326 e. The van der Waals surface area contributed by atoms with Crippen LogP contribution in [0, 0.1) is 5.92 Å². The van der Waals surface area contributed by atoms with Gasteiger partial charge in [0.1, 0.15) is 6.04 Å². The van der Waals surface area contributed by atoms with Crippen LogP contribution in [0.1, 0.15) is 46.5 Å². The Morgan fingerprint density at radius 1 is 1.38 bits per heavy atom. The molecular formula is C12H21NO3. The van der Waals surface area contributed by atoms with Crippen LogP contribution in [0.3, 0.4) is 0 Å². The maximum absolute atomic E-state index is 12.1. The second-order valence-corrected chi connectivity index (χ2v) is 4.68. The molecule has 0 aromatic carbocycles. The van der Waals surface area contributed by atoms with E-state index in [9.17, 15) is 9.59 Å². The van der Waals surface area contributed by atoms with Crippen LogP contribution in [0.15, 0.2) is 0 Å². The van der Waals surface area contributed by atoms with Crippen molar-refractivity contribution in [3.63, 3.8) is 0 Å². The molecule has 1 N–H and O–H groups in total. The molecule has 2 unspecified atom stereocenters. The SMILES string of the molecule is CCCC(C)C(=O)N(C1CC1)C(C)C(=O)O. The molecule has 92 valence electrons. The third-order valence-electron chi connectivity index (χ3n) is 3.11. The number of carbonyl (C=O) groups is 2. The summed E-state index contributed by atoms with van der Waals surface area (Å²) < 4.78 is 0. The van der Waals surface area contributed by atoms with Gasteiger partial charge in [0.25, 0.3) is 0 Å². The van der Waals surface area contributed by atoms with Crippen molar-refractivity contribution in [2.45, 2.75) is 58.5 Å². The zero-order valence-corrected chi connectivity index (χ0v) is 10.3. The summed E-state index contributed by atoms with van der Waals surface area (Å²) in [5.74, 6) is -0.976. The molecule has 0 aromatic heterocycles. The van der Waals surface area contributed by atoms with Gasteiger partial charge in [-0.05, 0) is 26.2 Å². The molecule has 16 heavy (non-hydrogen) atoms. The molecule has 2 atom stereocenters. The quantitative estimate of drug-likeness (QED) is 0.753. The molecule has 1 rings (SSSR count). The summed E-state index contributed by atoms with van der Waals surface area (Å²) in [4.78, 5) is 24.7. The lowest BCUT2D eigenvalue weighted by molar-refractivity contribution is -0.151. The normalized spacial score (nSPS) is 18.9. The Labute approximate surface area is 96.6 Å². The molecule has 0 aromatic rings. The second kappa shape index (κ2) is 5.32. The summed E-state index contributed by atoms with van der Waals surface area (Å²) in [5.41, 5.74) is 0. The molecule has 1 amide bonds. The average Bonchev–Trinajstić information content (AvgIpc) is 3.02. The molecule has 4 heteroatoms. The van der Waals surface area contributed by atoms with Crippen molar-refractivity contribution >= 4 is 11.9 Å². The molecule has 0 saturated heterocycles. The highest BCUT2D eigenvalue weighted by molar-refractivity contribution is 5.85. The van der Waals surface area contributed by atoms with Crippen molar-refractivity contribution in [2.75, 3.05) is 0 Å². The van der Waals surface area contributed by atoms with Crippen LogP contribution in [-0.4, -0.2) is 34.0 Å². The molecule has 0 aliphatic heterocycles. The number of hydrogen-bond acceptors (Lipinski definition) is 2. The lowest BCUT2D eigenvalue weighted by Crippen LogP contribution is -2.46. The molecular weight excluding hydrogens is 206 g/mol. The number of hydrogen-bond donors (Lipinski definition) is 1. The predicted octanol–water partition coefficient (Wildman–Crippen LogP) is 1.89. The maximum atomic E-state index is 12.1. The van der Waals surface area contributed by atoms with Crippen LogP contribution < -0.4 is 0 Å². The third-order valence-corrected chi connectivity index (χ3v) is 3.11. The molecule has 1 fully saturated rings. The number of carboxylic acids is 1. The summed E-state index contributed by atoms with van der Waals surface area (Å²) in [5, 5.41) is 9.00. The molecule has 0 bridgehead atoms. The number of aliphatic carboxylic acids is 1. The number of carbonyl (C=O) groups excluding carboxylic acids is 1. The fourth-order valence-electron chi connectivity index (χ4n) is 1.97. The summed E-state index contributed by atoms with van der Waals surface area (Å²) in [6, 6.07) is -0.530. The van der Waals surface area contributed by atoms with Gasteiger partial charge in [-0.1, -0.05) is 20.3 Å². The Hall–Kier alpha value is -1.06. The number of rotatable bonds is 6. The summed E-state index contributed by atoms with van der Waals surface area (Å²) in [6.07, 6.45) is 3.67. The summed E-state index contributed by atoms with van der Waals surface area (Å²) in [7, 11) is 0. The van der Waals surface area contributed by atoms with Crippen molar-refractivity contribution < 1.29 is 14.7 Å². The van der Waals surface area contributed by atoms with Crippen LogP contribution in [0.4, 0.5) is 0 Å². The van der Waals surface area contributed by atoms with Gasteiger partial charge in [0.15, 0.2) is 0 Å². The van der Waals surface area contributed by atoms with E-state index in [1.807, 2.05) is 13.8 Å². The molecule has 1 aliphatic rings. The van der Waals surface area contributed by atoms with Gasteiger partial charge in [0.2, 0.25) is 5.91 Å². The van der Waals surface area contributed by atoms with Gasteiger partial charge < -0.3 is 10.0 Å². The van der Waals surface area contributed by atoms with E-state index in [0.717, 1.165) is 25.7 Å². The van der Waals surface area contributed by atoms with Gasteiger partial charge in [-0.2, -0.15) is 0 Å². The van der Waals surface area contributed by atoms with E-state index >= 15 is 0 Å². The fraction of sp³-hybridized carbons (Fsp3) is 0.833. The van der Waals surface area contributed by atoms with Gasteiger partial charge in [0, 0.05) is 12.0 Å². The standard InChI is InChI=1S/C12H21NO3/c1-4-5-8(2)11(14)13(10-6-7-10)9(3)12(15)16/h8-10H,4-7H2,1-3H3,(H,15,16). The van der Waals surface area contributed by atoms with E-state index in [2.05, 4.69) is 0 Å². The van der Waals surface area contributed by atoms with E-state index in [4.69, 9.17) is 5.11 Å². The molecule has 0 spiro atoms. The molecule has 0 heterocycles. The Balaban J connectivity index is 2.69. The Bertz CT molecular complexity index is 273. The van der Waals surface area contributed by atoms with Gasteiger partial charge >= 0.3 is 5.97 Å². The highest BCUT2D eigenvalue weighted by atomic mass is 16.4. The molecule has 4 nitrogen and oxygen atoms in total. The first-order valence-electron chi connectivity index (χ1n) is 6.04. The smallest absolute Gasteiger partial charge is 0.326 e. The highest BCUT2D eigenvalue weighted by Gasteiger charge is 2.39. The highest BCUT2D eigenvalue weighted by Crippen LogP contribution is 2.30. The lowest BCUT2D eigenvalue weighted by Gasteiger charge is -2.29. The lowest BCUT2D eigenvalue weighted by atomic mass is 10.0. The topological polar surface area (TPSA) is 57.6 Å². The van der Waals surface area contributed by atoms with Crippen molar-refractivity contribution in [1.29, 1.82) is 0 Å². The van der Waals surface area contributed by atoms with Crippen molar-refractivity contribution in [3.05, 3.63) is 0 Å². The Morgan fingerprint density at radius 2 is 1.94 bits per heavy atom. The number of carboxylic acid groups (broad SMARTS) is 1. The third kappa shape index (κ3) is 2.97. The second-order valence-electron chi connectivity index (χ2n) is 4.68. The van der Waals surface area contributed by atoms with Crippen molar-refractivity contribution in [3.8, 4) is 0 Å². The van der Waals surface area contributed by atoms with E-state index < -0.39 is 12.0 Å². The average molecular weight is 227 g/mol. The van der Waals surface area contributed by atoms with E-state index in [1.165, 1.54) is 0 Å². The zero-order valence-electron chi connectivity index (χ0n) is 10.3. The van der Waals surface area contributed by atoms with Gasteiger partial charge in [-0.15, -0.1) is 0 Å². The van der Waals surface area contributed by atoms with Gasteiger partial charge in [-0.3, -0.25) is 4.79 Å². The number of amides is 1. The van der Waals surface area contributed by atoms with Crippen molar-refractivity contribution in [1.82, 2.24) is 4.90 Å². The van der Waals surface area contributed by atoms with Crippen LogP contribution in [0.25, 0.3) is 0 Å². The predicted molar refractivity (Wildman–Crippen MR) is 61.0 cm³/mol. The Kier molecular flexibility index (Phi) is 4.33. The zero-order chi connectivity index (χ0) is 12.3. The van der Waals surface area contributed by atoms with Crippen LogP contribution in [0.5, 0.6) is 0 Å². The molecule has 0 radical (unpaired) electrons. The Morgan fingerprint density at radius 3 is 2.31 bits per heavy atom. The monoisotopic (exact) mass is 227 g/mol. The number of nitrogens with zero attached hydrogens (tertiary/aromatic N) is 1. The van der Waals surface area contributed by atoms with E-state index in [-0.39, 0.29) is 17.9 Å². The first-order chi connectivity index (χ1) is 7.49. The van der Waals surface area contributed by atoms with Crippen molar-refractivity contribution in [2.24, 2.45) is 5.92 Å². The molecule has 1 saturated carbocycles. The first-order valence-corrected chi connectivity index (χ1v) is 6.04. The van der Waals surface area contributed by atoms with Gasteiger partial charge in [0.05, 0.1) is 0 Å². The van der Waals surface area contributed by atoms with Gasteiger partial charge in [-0.25, -0.2) is 4.79 Å². The van der Waals surface area contributed by atoms with Crippen LogP contribution >= 0.6 is 0 Å². The first kappa shape index (κ1) is 13.0. The minimum atomic E-state index is -0.913. The van der Waals surface area contributed by atoms with Crippen LogP contribution in [0.2, 0.25) is 0 Å². The van der Waals surface area contributed by atoms with E-state index in [1.54, 1.807) is 11.8 Å². The summed E-state index contributed by atoms with van der Waals surface area (Å²) in [6.45, 7) is 5.51. The minimum absolute atomic E-state index is 0.000694. The van der Waals surface area contributed by atoms with E-state index in [0.29, 0.717) is 0 Å². The minimum Gasteiger partial charge on any atom is -0.480 e.